The second-order valence-corrected chi connectivity index (χ2v) is 10.9. The zero-order chi connectivity index (χ0) is 20.6. The Kier molecular flexibility index (Phi) is 4.32. The molecule has 29 heavy (non-hydrogen) atoms. The van der Waals surface area contributed by atoms with E-state index < -0.39 is 0 Å². The van der Waals surface area contributed by atoms with E-state index in [1.165, 1.54) is 30.9 Å². The van der Waals surface area contributed by atoms with Crippen molar-refractivity contribution < 1.29 is 19.1 Å². The van der Waals surface area contributed by atoms with E-state index in [1.54, 1.807) is 6.08 Å². The van der Waals surface area contributed by atoms with E-state index in [1.807, 2.05) is 0 Å². The van der Waals surface area contributed by atoms with Crippen LogP contribution in [0.15, 0.2) is 23.3 Å². The van der Waals surface area contributed by atoms with Gasteiger partial charge in [0.2, 0.25) is 0 Å². The van der Waals surface area contributed by atoms with Crippen LogP contribution in [0.25, 0.3) is 0 Å². The second-order valence-electron chi connectivity index (χ2n) is 10.9. The molecule has 0 aromatic rings. The maximum absolute atomic E-state index is 12.0. The number of ether oxygens (including phenoxy) is 2. The van der Waals surface area contributed by atoms with Crippen LogP contribution >= 0.6 is 0 Å². The van der Waals surface area contributed by atoms with Crippen LogP contribution in [-0.4, -0.2) is 24.1 Å². The van der Waals surface area contributed by atoms with Gasteiger partial charge in [0, 0.05) is 25.3 Å². The molecule has 158 valence electrons. The van der Waals surface area contributed by atoms with Crippen LogP contribution in [0.2, 0.25) is 0 Å². The first-order chi connectivity index (χ1) is 13.7. The molecule has 8 atom stereocenters. The summed E-state index contributed by atoms with van der Waals surface area (Å²) in [5, 5.41) is 0. The highest BCUT2D eigenvalue weighted by Gasteiger charge is 2.62. The fraction of sp³-hybridized carbons (Fsp3) is 0.760. The van der Waals surface area contributed by atoms with E-state index in [0.29, 0.717) is 23.7 Å². The average Bonchev–Trinajstić information content (AvgIpc) is 2.94. The summed E-state index contributed by atoms with van der Waals surface area (Å²) in [5.41, 5.74) is 3.23. The summed E-state index contributed by atoms with van der Waals surface area (Å²) >= 11 is 0. The number of esters is 2. The molecule has 5 rings (SSSR count). The van der Waals surface area contributed by atoms with Crippen molar-refractivity contribution in [2.24, 2.45) is 34.5 Å². The summed E-state index contributed by atoms with van der Waals surface area (Å²) < 4.78 is 11.4. The summed E-state index contributed by atoms with van der Waals surface area (Å²) in [7, 11) is 0. The third-order valence-electron chi connectivity index (χ3n) is 9.50. The maximum atomic E-state index is 12.0. The lowest BCUT2D eigenvalue weighted by Gasteiger charge is -2.58. The molecule has 1 heterocycles. The lowest BCUT2D eigenvalue weighted by molar-refractivity contribution is -0.149. The highest BCUT2D eigenvalue weighted by Crippen LogP contribution is 2.67. The molecule has 4 nitrogen and oxygen atoms in total. The van der Waals surface area contributed by atoms with Crippen molar-refractivity contribution >= 4 is 11.9 Å². The summed E-state index contributed by atoms with van der Waals surface area (Å²) in [5.74, 6) is 2.07. The van der Waals surface area contributed by atoms with Crippen LogP contribution in [0.4, 0.5) is 0 Å². The molecule has 3 fully saturated rings. The fourth-order valence-corrected chi connectivity index (χ4v) is 8.34. The lowest BCUT2D eigenvalue weighted by Crippen LogP contribution is -2.50. The van der Waals surface area contributed by atoms with E-state index in [-0.39, 0.29) is 35.0 Å². The average molecular weight is 399 g/mol. The smallest absolute Gasteiger partial charge is 0.330 e. The number of hydrogen-bond donors (Lipinski definition) is 0. The Hall–Kier alpha value is -1.58. The zero-order valence-corrected chi connectivity index (χ0v) is 18.2. The monoisotopic (exact) mass is 398 g/mol. The molecule has 3 saturated carbocycles. The molecule has 0 unspecified atom stereocenters. The van der Waals surface area contributed by atoms with Crippen LogP contribution in [0, 0.1) is 34.5 Å². The Morgan fingerprint density at radius 1 is 1.21 bits per heavy atom. The van der Waals surface area contributed by atoms with Crippen LogP contribution in [0.3, 0.4) is 0 Å². The van der Waals surface area contributed by atoms with Crippen LogP contribution in [0.5, 0.6) is 0 Å². The van der Waals surface area contributed by atoms with Crippen molar-refractivity contribution in [1.82, 2.24) is 0 Å². The number of carbonyl (C=O) groups excluding carboxylic acids is 2. The Bertz CT molecular complexity index is 810. The van der Waals surface area contributed by atoms with Crippen molar-refractivity contribution in [3.8, 4) is 0 Å². The first-order valence-electron chi connectivity index (χ1n) is 11.5. The third-order valence-corrected chi connectivity index (χ3v) is 9.50. The van der Waals surface area contributed by atoms with Crippen molar-refractivity contribution in [3.05, 3.63) is 23.3 Å². The minimum absolute atomic E-state index is 0.0544. The van der Waals surface area contributed by atoms with Gasteiger partial charge in [-0.2, -0.15) is 0 Å². The summed E-state index contributed by atoms with van der Waals surface area (Å²) in [6.45, 7) is 8.59. The molecule has 0 amide bonds. The number of fused-ring (bicyclic) bond motifs is 7. The van der Waals surface area contributed by atoms with E-state index in [2.05, 4.69) is 26.8 Å². The number of carbonyl (C=O) groups is 2. The highest BCUT2D eigenvalue weighted by atomic mass is 16.5. The van der Waals surface area contributed by atoms with E-state index in [0.717, 1.165) is 32.1 Å². The third kappa shape index (κ3) is 2.77. The SMILES string of the molecule is CC(=O)O[C@H]1CC[C@@]2(C)C(=CC[C@@H]3[C@H]4C[C@H]5OC(=O)C=C(C)[C@H]5[C@]4(C)CC[C@H]32)C1. The van der Waals surface area contributed by atoms with Gasteiger partial charge in [0.15, 0.2) is 0 Å². The van der Waals surface area contributed by atoms with Crippen LogP contribution < -0.4 is 0 Å². The van der Waals surface area contributed by atoms with E-state index in [4.69, 9.17) is 9.47 Å². The van der Waals surface area contributed by atoms with E-state index >= 15 is 0 Å². The molecule has 0 N–H and O–H groups in total. The van der Waals surface area contributed by atoms with Crippen molar-refractivity contribution in [2.45, 2.75) is 84.8 Å². The van der Waals surface area contributed by atoms with Gasteiger partial charge < -0.3 is 9.47 Å². The van der Waals surface area contributed by atoms with Crippen molar-refractivity contribution in [3.63, 3.8) is 0 Å². The minimum atomic E-state index is -0.159. The Morgan fingerprint density at radius 3 is 2.76 bits per heavy atom. The predicted octanol–water partition coefficient (Wildman–Crippen LogP) is 4.98. The predicted molar refractivity (Wildman–Crippen MR) is 110 cm³/mol. The number of allylic oxidation sites excluding steroid dienone is 1. The Morgan fingerprint density at radius 2 is 2.00 bits per heavy atom. The molecule has 0 bridgehead atoms. The number of hydrogen-bond acceptors (Lipinski definition) is 4. The van der Waals surface area contributed by atoms with Crippen molar-refractivity contribution in [1.29, 1.82) is 0 Å². The van der Waals surface area contributed by atoms with Gasteiger partial charge in [-0.05, 0) is 74.0 Å². The molecule has 4 aliphatic carbocycles. The molecule has 0 radical (unpaired) electrons. The van der Waals surface area contributed by atoms with Gasteiger partial charge in [0.25, 0.3) is 0 Å². The standard InChI is InChI=1S/C25H34O4/c1-14-11-22(27)29-21-13-20-18-6-5-16-12-17(28-15(2)26)7-9-24(16,3)19(18)8-10-25(20,4)23(14)21/h5,11,17-21,23H,6-10,12-13H2,1-4H3/t17-,18-,19+,20+,21+,23+,24-,25+/m0/s1. The molecule has 0 aromatic heterocycles. The molecule has 1 aliphatic heterocycles. The summed E-state index contributed by atoms with van der Waals surface area (Å²) in [6, 6.07) is 0. The summed E-state index contributed by atoms with van der Waals surface area (Å²) in [6.07, 6.45) is 12.0. The van der Waals surface area contributed by atoms with Gasteiger partial charge in [0.1, 0.15) is 12.2 Å². The van der Waals surface area contributed by atoms with Gasteiger partial charge >= 0.3 is 11.9 Å². The topological polar surface area (TPSA) is 52.6 Å². The van der Waals surface area contributed by atoms with Crippen LogP contribution in [-0.2, 0) is 19.1 Å². The largest absolute Gasteiger partial charge is 0.462 e. The maximum Gasteiger partial charge on any atom is 0.330 e. The van der Waals surface area contributed by atoms with Gasteiger partial charge in [-0.25, -0.2) is 4.79 Å². The zero-order valence-electron chi connectivity index (χ0n) is 18.2. The van der Waals surface area contributed by atoms with Crippen molar-refractivity contribution in [2.75, 3.05) is 0 Å². The quantitative estimate of drug-likeness (QED) is 0.462. The van der Waals surface area contributed by atoms with Gasteiger partial charge in [0.05, 0.1) is 0 Å². The van der Waals surface area contributed by atoms with Gasteiger partial charge in [-0.1, -0.05) is 31.1 Å². The fourth-order valence-electron chi connectivity index (χ4n) is 8.34. The molecule has 0 spiro atoms. The molecular formula is C25H34O4. The molecule has 0 saturated heterocycles. The molecule has 4 heteroatoms. The first-order valence-corrected chi connectivity index (χ1v) is 11.5. The highest BCUT2D eigenvalue weighted by molar-refractivity contribution is 5.84. The molecule has 0 aromatic carbocycles. The van der Waals surface area contributed by atoms with E-state index in [9.17, 15) is 9.59 Å². The van der Waals surface area contributed by atoms with Gasteiger partial charge in [-0.3, -0.25) is 4.79 Å². The van der Waals surface area contributed by atoms with Gasteiger partial charge in [-0.15, -0.1) is 0 Å². The minimum Gasteiger partial charge on any atom is -0.462 e. The second kappa shape index (κ2) is 6.46. The van der Waals surface area contributed by atoms with Crippen LogP contribution in [0.1, 0.15) is 72.6 Å². The Balaban J connectivity index is 1.43. The Labute approximate surface area is 174 Å². The summed E-state index contributed by atoms with van der Waals surface area (Å²) in [4.78, 5) is 23.4. The lowest BCUT2D eigenvalue weighted by atomic mass is 9.47. The molecule has 5 aliphatic rings. The normalized spacial score (nSPS) is 48.2. The number of rotatable bonds is 1. The first kappa shape index (κ1) is 19.4. The molecular weight excluding hydrogens is 364 g/mol.